The zero-order valence-corrected chi connectivity index (χ0v) is 12.4. The van der Waals surface area contributed by atoms with Crippen LogP contribution in [0.15, 0.2) is 36.7 Å². The van der Waals surface area contributed by atoms with E-state index in [0.717, 1.165) is 25.1 Å². The molecule has 2 amide bonds. The fraction of sp³-hybridized carbons (Fsp3) is 0.400. The number of aromatic nitrogens is 3. The summed E-state index contributed by atoms with van der Waals surface area (Å²) in [6.07, 6.45) is 5.52. The number of nitrogens with zero attached hydrogens (tertiary/aromatic N) is 3. The van der Waals surface area contributed by atoms with Crippen molar-refractivity contribution >= 4 is 11.8 Å². The van der Waals surface area contributed by atoms with Gasteiger partial charge in [-0.25, -0.2) is 9.48 Å². The highest BCUT2D eigenvalue weighted by molar-refractivity contribution is 5.88. The standard InChI is InChI=1S/C15H21N5O/c1-3-4-11-20-14(8-10-17-20)19-15(21)18-12(2)13-7-5-6-9-16-13/h5-10,12H,3-4,11H2,1-2H3,(H2,18,19,21)/t12-/m0/s1. The maximum absolute atomic E-state index is 12.0. The van der Waals surface area contributed by atoms with Gasteiger partial charge in [0.15, 0.2) is 0 Å². The van der Waals surface area contributed by atoms with Crippen molar-refractivity contribution in [3.8, 4) is 0 Å². The number of pyridine rings is 1. The minimum absolute atomic E-state index is 0.154. The molecule has 0 bridgehead atoms. The molecule has 2 rings (SSSR count). The number of carbonyl (C=O) groups is 1. The molecule has 21 heavy (non-hydrogen) atoms. The molecule has 2 N–H and O–H groups in total. The highest BCUT2D eigenvalue weighted by Gasteiger charge is 2.12. The van der Waals surface area contributed by atoms with Crippen molar-refractivity contribution in [1.82, 2.24) is 20.1 Å². The van der Waals surface area contributed by atoms with Crippen molar-refractivity contribution < 1.29 is 4.79 Å². The van der Waals surface area contributed by atoms with Crippen LogP contribution in [0.2, 0.25) is 0 Å². The SMILES string of the molecule is CCCCn1nccc1NC(=O)N[C@@H](C)c1ccccn1. The summed E-state index contributed by atoms with van der Waals surface area (Å²) in [5.41, 5.74) is 0.826. The normalized spacial score (nSPS) is 11.9. The second kappa shape index (κ2) is 7.42. The molecule has 0 unspecified atom stereocenters. The molecule has 2 aromatic rings. The number of urea groups is 1. The van der Waals surface area contributed by atoms with Gasteiger partial charge in [0, 0.05) is 18.8 Å². The Hall–Kier alpha value is -2.37. The van der Waals surface area contributed by atoms with Crippen molar-refractivity contribution in [1.29, 1.82) is 0 Å². The lowest BCUT2D eigenvalue weighted by Crippen LogP contribution is -2.32. The van der Waals surface area contributed by atoms with Gasteiger partial charge >= 0.3 is 6.03 Å². The minimum Gasteiger partial charge on any atom is -0.330 e. The summed E-state index contributed by atoms with van der Waals surface area (Å²) < 4.78 is 1.80. The van der Waals surface area contributed by atoms with Crippen LogP contribution in [0.25, 0.3) is 0 Å². The van der Waals surface area contributed by atoms with Gasteiger partial charge in [-0.2, -0.15) is 5.10 Å². The first-order valence-electron chi connectivity index (χ1n) is 7.21. The summed E-state index contributed by atoms with van der Waals surface area (Å²) in [6.45, 7) is 4.82. The summed E-state index contributed by atoms with van der Waals surface area (Å²) in [5.74, 6) is 0.703. The van der Waals surface area contributed by atoms with Crippen molar-refractivity contribution in [2.75, 3.05) is 5.32 Å². The van der Waals surface area contributed by atoms with Crippen LogP contribution in [0.5, 0.6) is 0 Å². The number of unbranched alkanes of at least 4 members (excludes halogenated alkanes) is 1. The highest BCUT2D eigenvalue weighted by atomic mass is 16.2. The quantitative estimate of drug-likeness (QED) is 0.858. The van der Waals surface area contributed by atoms with Crippen LogP contribution in [0, 0.1) is 0 Å². The third kappa shape index (κ3) is 4.30. The molecule has 6 nitrogen and oxygen atoms in total. The van der Waals surface area contributed by atoms with Gasteiger partial charge in [-0.05, 0) is 25.5 Å². The molecule has 0 fully saturated rings. The lowest BCUT2D eigenvalue weighted by molar-refractivity contribution is 0.249. The summed E-state index contributed by atoms with van der Waals surface area (Å²) in [4.78, 5) is 16.3. The van der Waals surface area contributed by atoms with E-state index >= 15 is 0 Å². The van der Waals surface area contributed by atoms with E-state index in [9.17, 15) is 4.79 Å². The number of carbonyl (C=O) groups excluding carboxylic acids is 1. The Bertz CT molecular complexity index is 566. The number of amides is 2. The average Bonchev–Trinajstić information content (AvgIpc) is 2.93. The molecule has 0 spiro atoms. The van der Waals surface area contributed by atoms with E-state index in [1.54, 1.807) is 23.1 Å². The molecule has 0 saturated carbocycles. The summed E-state index contributed by atoms with van der Waals surface area (Å²) in [5, 5.41) is 9.89. The van der Waals surface area contributed by atoms with Crippen LogP contribution < -0.4 is 10.6 Å². The van der Waals surface area contributed by atoms with E-state index in [1.807, 2.05) is 25.1 Å². The fourth-order valence-electron chi connectivity index (χ4n) is 1.98. The van der Waals surface area contributed by atoms with Gasteiger partial charge in [0.1, 0.15) is 5.82 Å². The van der Waals surface area contributed by atoms with Crippen LogP contribution in [0.4, 0.5) is 10.6 Å². The molecule has 0 aromatic carbocycles. The Morgan fingerprint density at radius 2 is 2.19 bits per heavy atom. The Balaban J connectivity index is 1.91. The topological polar surface area (TPSA) is 71.8 Å². The Morgan fingerprint density at radius 1 is 1.33 bits per heavy atom. The first-order valence-corrected chi connectivity index (χ1v) is 7.21. The number of aryl methyl sites for hydroxylation is 1. The van der Waals surface area contributed by atoms with Crippen LogP contribution in [-0.2, 0) is 6.54 Å². The van der Waals surface area contributed by atoms with Gasteiger partial charge in [0.25, 0.3) is 0 Å². The van der Waals surface area contributed by atoms with Crippen LogP contribution in [0.1, 0.15) is 38.4 Å². The first kappa shape index (κ1) is 15.0. The summed E-state index contributed by atoms with van der Waals surface area (Å²) in [7, 11) is 0. The first-order chi connectivity index (χ1) is 10.2. The van der Waals surface area contributed by atoms with Crippen molar-refractivity contribution in [3.63, 3.8) is 0 Å². The largest absolute Gasteiger partial charge is 0.330 e. The van der Waals surface area contributed by atoms with E-state index in [4.69, 9.17) is 0 Å². The monoisotopic (exact) mass is 287 g/mol. The number of hydrogen-bond donors (Lipinski definition) is 2. The van der Waals surface area contributed by atoms with E-state index < -0.39 is 0 Å². The number of anilines is 1. The lowest BCUT2D eigenvalue weighted by Gasteiger charge is -2.14. The number of hydrogen-bond acceptors (Lipinski definition) is 3. The lowest BCUT2D eigenvalue weighted by atomic mass is 10.2. The smallest absolute Gasteiger partial charge is 0.320 e. The molecule has 0 aliphatic carbocycles. The second-order valence-electron chi connectivity index (χ2n) is 4.87. The molecular formula is C15H21N5O. The highest BCUT2D eigenvalue weighted by Crippen LogP contribution is 2.10. The average molecular weight is 287 g/mol. The third-order valence-electron chi connectivity index (χ3n) is 3.16. The van der Waals surface area contributed by atoms with Gasteiger partial charge in [-0.15, -0.1) is 0 Å². The molecule has 0 aliphatic rings. The fourth-order valence-corrected chi connectivity index (χ4v) is 1.98. The maximum Gasteiger partial charge on any atom is 0.320 e. The van der Waals surface area contributed by atoms with Crippen molar-refractivity contribution in [2.24, 2.45) is 0 Å². The Kier molecular flexibility index (Phi) is 5.31. The zero-order valence-electron chi connectivity index (χ0n) is 12.4. The number of rotatable bonds is 6. The number of nitrogens with one attached hydrogen (secondary N) is 2. The van der Waals surface area contributed by atoms with Gasteiger partial charge in [0.05, 0.1) is 17.9 Å². The van der Waals surface area contributed by atoms with Gasteiger partial charge in [-0.1, -0.05) is 19.4 Å². The molecule has 2 aromatic heterocycles. The molecule has 1 atom stereocenters. The van der Waals surface area contributed by atoms with Gasteiger partial charge in [-0.3, -0.25) is 10.3 Å². The minimum atomic E-state index is -0.258. The Morgan fingerprint density at radius 3 is 2.90 bits per heavy atom. The molecular weight excluding hydrogens is 266 g/mol. The van der Waals surface area contributed by atoms with E-state index in [0.29, 0.717) is 5.82 Å². The maximum atomic E-state index is 12.0. The predicted molar refractivity (Wildman–Crippen MR) is 81.9 cm³/mol. The molecule has 0 aliphatic heterocycles. The van der Waals surface area contributed by atoms with Crippen molar-refractivity contribution in [3.05, 3.63) is 42.4 Å². The second-order valence-corrected chi connectivity index (χ2v) is 4.87. The Labute approximate surface area is 124 Å². The molecule has 0 saturated heterocycles. The van der Waals surface area contributed by atoms with Gasteiger partial charge < -0.3 is 5.32 Å². The molecule has 0 radical (unpaired) electrons. The van der Waals surface area contributed by atoms with Crippen LogP contribution in [-0.4, -0.2) is 20.8 Å². The van der Waals surface area contributed by atoms with Crippen LogP contribution in [0.3, 0.4) is 0 Å². The van der Waals surface area contributed by atoms with E-state index in [-0.39, 0.29) is 12.1 Å². The predicted octanol–water partition coefficient (Wildman–Crippen LogP) is 2.96. The third-order valence-corrected chi connectivity index (χ3v) is 3.16. The van der Waals surface area contributed by atoms with Gasteiger partial charge in [0.2, 0.25) is 0 Å². The van der Waals surface area contributed by atoms with E-state index in [1.165, 1.54) is 0 Å². The van der Waals surface area contributed by atoms with Crippen LogP contribution >= 0.6 is 0 Å². The molecule has 6 heteroatoms. The molecule has 2 heterocycles. The van der Waals surface area contributed by atoms with Crippen molar-refractivity contribution in [2.45, 2.75) is 39.3 Å². The molecule has 112 valence electrons. The summed E-state index contributed by atoms with van der Waals surface area (Å²) >= 11 is 0. The van der Waals surface area contributed by atoms with E-state index in [2.05, 4.69) is 27.6 Å². The zero-order chi connectivity index (χ0) is 15.1. The summed E-state index contributed by atoms with van der Waals surface area (Å²) in [6, 6.07) is 7.02.